The summed E-state index contributed by atoms with van der Waals surface area (Å²) in [4.78, 5) is 6.94. The number of hydrazine groups is 1. The van der Waals surface area contributed by atoms with Crippen LogP contribution in [0.1, 0.15) is 11.1 Å². The van der Waals surface area contributed by atoms with Crippen LogP contribution in [0.15, 0.2) is 36.4 Å². The molecule has 0 radical (unpaired) electrons. The van der Waals surface area contributed by atoms with E-state index in [0.29, 0.717) is 13.1 Å². The van der Waals surface area contributed by atoms with Gasteiger partial charge >= 0.3 is 0 Å². The lowest BCUT2D eigenvalue weighted by molar-refractivity contribution is 0.0843. The van der Waals surface area contributed by atoms with Crippen molar-refractivity contribution in [3.05, 3.63) is 47.5 Å². The molecule has 0 spiro atoms. The molecule has 0 fully saturated rings. The molecule has 1 aliphatic heterocycles. The van der Waals surface area contributed by atoms with E-state index in [1.165, 1.54) is 0 Å². The number of nitrogens with zero attached hydrogens (tertiary/aromatic N) is 1. The molecule has 0 saturated heterocycles. The van der Waals surface area contributed by atoms with E-state index in [0.717, 1.165) is 54.7 Å². The highest BCUT2D eigenvalue weighted by Crippen LogP contribution is 2.44. The molecule has 0 amide bonds. The Balaban J connectivity index is 1.68. The van der Waals surface area contributed by atoms with E-state index in [1.807, 2.05) is 17.1 Å². The number of aromatic nitrogens is 2. The number of hydrogen-bond donors (Lipinski definition) is 7. The van der Waals surface area contributed by atoms with E-state index in [-0.39, 0.29) is 24.7 Å². The van der Waals surface area contributed by atoms with Gasteiger partial charge in [0, 0.05) is 46.8 Å². The van der Waals surface area contributed by atoms with Gasteiger partial charge in [-0.15, -0.1) is 0 Å². The van der Waals surface area contributed by atoms with E-state index in [9.17, 15) is 20.4 Å². The first-order chi connectivity index (χ1) is 15.1. The largest absolute Gasteiger partial charge is 0.508 e. The lowest BCUT2D eigenvalue weighted by Gasteiger charge is -2.22. The maximum atomic E-state index is 9.98. The Labute approximate surface area is 176 Å². The summed E-state index contributed by atoms with van der Waals surface area (Å²) >= 11 is 0. The zero-order valence-corrected chi connectivity index (χ0v) is 16.6. The highest BCUT2D eigenvalue weighted by molar-refractivity contribution is 6.24. The van der Waals surface area contributed by atoms with Crippen LogP contribution in [0, 0.1) is 0 Å². The Morgan fingerprint density at radius 2 is 1.29 bits per heavy atom. The third kappa shape index (κ3) is 2.63. The van der Waals surface area contributed by atoms with Gasteiger partial charge in [-0.2, -0.15) is 0 Å². The number of fused-ring (bicyclic) bond motifs is 10. The van der Waals surface area contributed by atoms with Crippen molar-refractivity contribution < 1.29 is 20.4 Å². The van der Waals surface area contributed by atoms with Crippen molar-refractivity contribution in [2.45, 2.75) is 19.1 Å². The fourth-order valence-corrected chi connectivity index (χ4v) is 4.95. The number of rotatable bonds is 4. The minimum absolute atomic E-state index is 0.160. The molecule has 5 aromatic rings. The summed E-state index contributed by atoms with van der Waals surface area (Å²) < 4.78 is 0. The minimum Gasteiger partial charge on any atom is -0.508 e. The molecule has 0 atom stereocenters. The molecule has 158 valence electrons. The third-order valence-electron chi connectivity index (χ3n) is 6.29. The van der Waals surface area contributed by atoms with Gasteiger partial charge in [0.1, 0.15) is 11.5 Å². The number of aromatic amines is 2. The predicted octanol–water partition coefficient (Wildman–Crippen LogP) is 2.54. The molecule has 0 saturated carbocycles. The van der Waals surface area contributed by atoms with Gasteiger partial charge in [-0.25, -0.2) is 10.4 Å². The number of aliphatic hydroxyl groups is 2. The summed E-state index contributed by atoms with van der Waals surface area (Å²) in [5.74, 6) is 0.399. The number of phenolic OH excluding ortho intramolecular Hbond substituents is 2. The second-order valence-electron chi connectivity index (χ2n) is 8.21. The molecule has 0 unspecified atom stereocenters. The summed E-state index contributed by atoms with van der Waals surface area (Å²) in [7, 11) is 0. The maximum absolute atomic E-state index is 9.98. The molecule has 0 bridgehead atoms. The topological polar surface area (TPSA) is 128 Å². The molecule has 2 aromatic heterocycles. The summed E-state index contributed by atoms with van der Waals surface area (Å²) in [6.07, 6.45) is 0. The van der Waals surface area contributed by atoms with E-state index < -0.39 is 6.04 Å². The van der Waals surface area contributed by atoms with Gasteiger partial charge in [0.05, 0.1) is 41.3 Å². The average Bonchev–Trinajstić information content (AvgIpc) is 3.43. The number of nitrogens with one attached hydrogen (secondary N) is 3. The Morgan fingerprint density at radius 1 is 0.806 bits per heavy atom. The average molecular weight is 418 g/mol. The minimum atomic E-state index is -0.430. The summed E-state index contributed by atoms with van der Waals surface area (Å²) in [6.45, 7) is 0.896. The predicted molar refractivity (Wildman–Crippen MR) is 119 cm³/mol. The standard InChI is InChI=1S/C23H22N4O4/c28-9-11(10-29)26-27-7-16-17(8-27)21-15-4-2-13(31)6-19(15)25-23(21)22-20(16)14-3-1-12(30)5-18(14)24-22/h1-6,11,24-26,28-31H,7-10H2. The lowest BCUT2D eigenvalue weighted by Crippen LogP contribution is -2.45. The van der Waals surface area contributed by atoms with Gasteiger partial charge in [-0.3, -0.25) is 0 Å². The van der Waals surface area contributed by atoms with Crippen LogP contribution in [-0.2, 0) is 13.1 Å². The van der Waals surface area contributed by atoms with Crippen molar-refractivity contribution in [3.8, 4) is 11.5 Å². The SMILES string of the molecule is OCC(CO)NN1Cc2c(c3c4ccc(O)cc4[nH]c3c3[nH]c4cc(O)ccc4c23)C1. The maximum Gasteiger partial charge on any atom is 0.117 e. The Morgan fingerprint density at radius 3 is 1.74 bits per heavy atom. The molecule has 0 aliphatic carbocycles. The number of benzene rings is 3. The quantitative estimate of drug-likeness (QED) is 0.240. The third-order valence-corrected chi connectivity index (χ3v) is 6.29. The molecular formula is C23H22N4O4. The molecule has 31 heavy (non-hydrogen) atoms. The van der Waals surface area contributed by atoms with Crippen molar-refractivity contribution in [2.24, 2.45) is 0 Å². The zero-order chi connectivity index (χ0) is 21.3. The second kappa shape index (κ2) is 6.60. The van der Waals surface area contributed by atoms with E-state index in [1.54, 1.807) is 24.3 Å². The van der Waals surface area contributed by atoms with Crippen LogP contribution in [-0.4, -0.2) is 54.7 Å². The van der Waals surface area contributed by atoms with E-state index in [2.05, 4.69) is 15.4 Å². The summed E-state index contributed by atoms with van der Waals surface area (Å²) in [5.41, 5.74) is 9.15. The van der Waals surface area contributed by atoms with Crippen molar-refractivity contribution >= 4 is 43.6 Å². The first kappa shape index (κ1) is 18.5. The van der Waals surface area contributed by atoms with Crippen molar-refractivity contribution in [3.63, 3.8) is 0 Å². The molecule has 8 heteroatoms. The number of hydrogen-bond acceptors (Lipinski definition) is 6. The molecule has 8 nitrogen and oxygen atoms in total. The monoisotopic (exact) mass is 418 g/mol. The second-order valence-corrected chi connectivity index (χ2v) is 8.21. The number of aliphatic hydroxyl groups excluding tert-OH is 2. The Kier molecular flexibility index (Phi) is 3.93. The molecule has 3 heterocycles. The molecule has 7 N–H and O–H groups in total. The summed E-state index contributed by atoms with van der Waals surface area (Å²) in [6, 6.07) is 10.2. The normalized spacial score (nSPS) is 14.7. The lowest BCUT2D eigenvalue weighted by atomic mass is 9.97. The van der Waals surface area contributed by atoms with Crippen LogP contribution in [0.25, 0.3) is 43.6 Å². The van der Waals surface area contributed by atoms with Gasteiger partial charge in [0.15, 0.2) is 0 Å². The van der Waals surface area contributed by atoms with Crippen molar-refractivity contribution in [2.75, 3.05) is 13.2 Å². The van der Waals surface area contributed by atoms with E-state index >= 15 is 0 Å². The fourth-order valence-electron chi connectivity index (χ4n) is 4.95. The summed E-state index contributed by atoms with van der Waals surface area (Å²) in [5, 5.41) is 45.2. The molecule has 6 rings (SSSR count). The van der Waals surface area contributed by atoms with Gasteiger partial charge in [0.25, 0.3) is 0 Å². The molecule has 3 aromatic carbocycles. The van der Waals surface area contributed by atoms with E-state index in [4.69, 9.17) is 0 Å². The van der Waals surface area contributed by atoms with Gasteiger partial charge < -0.3 is 30.4 Å². The number of aromatic hydroxyl groups is 2. The highest BCUT2D eigenvalue weighted by Gasteiger charge is 2.29. The van der Waals surface area contributed by atoms with Crippen LogP contribution in [0.2, 0.25) is 0 Å². The smallest absolute Gasteiger partial charge is 0.117 e. The molecular weight excluding hydrogens is 396 g/mol. The van der Waals surface area contributed by atoms with Gasteiger partial charge in [-0.1, -0.05) is 0 Å². The van der Waals surface area contributed by atoms with Crippen molar-refractivity contribution in [1.82, 2.24) is 20.4 Å². The highest BCUT2D eigenvalue weighted by atomic mass is 16.3. The van der Waals surface area contributed by atoms with Crippen LogP contribution in [0.5, 0.6) is 11.5 Å². The first-order valence-electron chi connectivity index (χ1n) is 10.2. The van der Waals surface area contributed by atoms with Gasteiger partial charge in [0.2, 0.25) is 0 Å². The van der Waals surface area contributed by atoms with Crippen LogP contribution in [0.4, 0.5) is 0 Å². The van der Waals surface area contributed by atoms with Crippen LogP contribution >= 0.6 is 0 Å². The first-order valence-corrected chi connectivity index (χ1v) is 10.2. The fraction of sp³-hybridized carbons (Fsp3) is 0.217. The van der Waals surface area contributed by atoms with Crippen LogP contribution in [0.3, 0.4) is 0 Å². The number of H-pyrrole nitrogens is 2. The number of phenols is 2. The zero-order valence-electron chi connectivity index (χ0n) is 16.6. The Hall–Kier alpha value is -3.30. The van der Waals surface area contributed by atoms with Crippen molar-refractivity contribution in [1.29, 1.82) is 0 Å². The Bertz CT molecular complexity index is 1380. The van der Waals surface area contributed by atoms with Crippen LogP contribution < -0.4 is 5.43 Å². The van der Waals surface area contributed by atoms with Gasteiger partial charge in [-0.05, 0) is 35.4 Å². The molecule has 1 aliphatic rings.